The van der Waals surface area contributed by atoms with Gasteiger partial charge in [-0.3, -0.25) is 19.7 Å². The Morgan fingerprint density at radius 2 is 2.14 bits per heavy atom. The zero-order valence-corrected chi connectivity index (χ0v) is 17.2. The molecular formula is C20H23N5O3S. The van der Waals surface area contributed by atoms with Crippen molar-refractivity contribution in [3.05, 3.63) is 41.2 Å². The first-order valence-electron chi connectivity index (χ1n) is 9.76. The molecule has 1 fully saturated rings. The molecule has 1 aromatic heterocycles. The lowest BCUT2D eigenvalue weighted by Gasteiger charge is -2.29. The maximum atomic E-state index is 12.8. The molecule has 2 aliphatic heterocycles. The number of carbonyl (C=O) groups is 3. The summed E-state index contributed by atoms with van der Waals surface area (Å²) >= 11 is 1.87. The van der Waals surface area contributed by atoms with Crippen LogP contribution in [-0.4, -0.2) is 55.2 Å². The Morgan fingerprint density at radius 3 is 2.90 bits per heavy atom. The fourth-order valence-corrected chi connectivity index (χ4v) is 4.47. The Balaban J connectivity index is 1.53. The molecule has 8 nitrogen and oxygen atoms in total. The average Bonchev–Trinajstić information content (AvgIpc) is 3.31. The molecule has 0 bridgehead atoms. The van der Waals surface area contributed by atoms with Gasteiger partial charge in [-0.25, -0.2) is 4.68 Å². The van der Waals surface area contributed by atoms with Gasteiger partial charge in [0.2, 0.25) is 11.8 Å². The van der Waals surface area contributed by atoms with Crippen LogP contribution in [-0.2, 0) is 16.1 Å². The summed E-state index contributed by atoms with van der Waals surface area (Å²) in [5.74, 6) is 1.52. The highest BCUT2D eigenvalue weighted by Gasteiger charge is 2.39. The number of hydrogen-bond acceptors (Lipinski definition) is 6. The zero-order valence-electron chi connectivity index (χ0n) is 16.4. The number of aromatic nitrogens is 3. The van der Waals surface area contributed by atoms with Gasteiger partial charge >= 0.3 is 0 Å². The lowest BCUT2D eigenvalue weighted by atomic mass is 10.0. The second-order valence-corrected chi connectivity index (χ2v) is 8.71. The summed E-state index contributed by atoms with van der Waals surface area (Å²) in [6.07, 6.45) is 2.53. The number of nitrogens with zero attached hydrogens (tertiary/aromatic N) is 4. The molecule has 3 amide bonds. The van der Waals surface area contributed by atoms with Crippen LogP contribution in [0.15, 0.2) is 24.4 Å². The highest BCUT2D eigenvalue weighted by Crippen LogP contribution is 2.29. The fraction of sp³-hybridized carbons (Fsp3) is 0.450. The number of rotatable bonds is 6. The number of hydrogen-bond donors (Lipinski definition) is 1. The van der Waals surface area contributed by atoms with Crippen LogP contribution in [0.5, 0.6) is 0 Å². The third kappa shape index (κ3) is 3.78. The lowest BCUT2D eigenvalue weighted by molar-refractivity contribution is -0.136. The molecule has 0 saturated carbocycles. The third-order valence-corrected chi connectivity index (χ3v) is 6.50. The van der Waals surface area contributed by atoms with E-state index >= 15 is 0 Å². The average molecular weight is 414 g/mol. The van der Waals surface area contributed by atoms with E-state index in [1.54, 1.807) is 15.6 Å². The van der Waals surface area contributed by atoms with E-state index in [1.165, 1.54) is 0 Å². The molecule has 1 saturated heterocycles. The number of thioether (sulfide) groups is 1. The van der Waals surface area contributed by atoms with Crippen LogP contribution in [0.3, 0.4) is 0 Å². The second-order valence-electron chi connectivity index (χ2n) is 7.39. The van der Waals surface area contributed by atoms with Gasteiger partial charge in [-0.1, -0.05) is 19.1 Å². The largest absolute Gasteiger partial charge is 0.322 e. The number of piperidine rings is 1. The van der Waals surface area contributed by atoms with Crippen LogP contribution in [0.1, 0.15) is 54.2 Å². The van der Waals surface area contributed by atoms with Crippen LogP contribution in [0, 0.1) is 0 Å². The standard InChI is InChI=1S/C20H23N5O3S/c1-3-29-11-12(2)16-10-25(23-22-16)14-4-5-15-13(8-14)9-24(20(15)28)17-6-7-18(26)21-19(17)27/h4-5,8,10,12,17H,3,6-7,9,11H2,1-2H3,(H,21,26,27). The second kappa shape index (κ2) is 7.98. The molecule has 152 valence electrons. The van der Waals surface area contributed by atoms with Crippen LogP contribution >= 0.6 is 11.8 Å². The van der Waals surface area contributed by atoms with E-state index in [4.69, 9.17) is 0 Å². The van der Waals surface area contributed by atoms with Crippen molar-refractivity contribution in [3.8, 4) is 5.69 Å². The highest BCUT2D eigenvalue weighted by molar-refractivity contribution is 7.99. The Morgan fingerprint density at radius 1 is 1.31 bits per heavy atom. The molecule has 2 unspecified atom stereocenters. The molecule has 0 spiro atoms. The summed E-state index contributed by atoms with van der Waals surface area (Å²) in [4.78, 5) is 37.9. The maximum Gasteiger partial charge on any atom is 0.255 e. The first kappa shape index (κ1) is 19.6. The Labute approximate surface area is 173 Å². The molecule has 1 N–H and O–H groups in total. The van der Waals surface area contributed by atoms with E-state index in [9.17, 15) is 14.4 Å². The van der Waals surface area contributed by atoms with Crippen LogP contribution in [0.4, 0.5) is 0 Å². The minimum Gasteiger partial charge on any atom is -0.322 e. The van der Waals surface area contributed by atoms with Crippen molar-refractivity contribution >= 4 is 29.5 Å². The molecular weight excluding hydrogens is 390 g/mol. The summed E-state index contributed by atoms with van der Waals surface area (Å²) < 4.78 is 1.72. The van der Waals surface area contributed by atoms with E-state index in [0.717, 1.165) is 28.5 Å². The fourth-order valence-electron chi connectivity index (χ4n) is 3.71. The lowest BCUT2D eigenvalue weighted by Crippen LogP contribution is -2.52. The number of benzene rings is 1. The van der Waals surface area contributed by atoms with Crippen molar-refractivity contribution in [2.75, 3.05) is 11.5 Å². The van der Waals surface area contributed by atoms with Crippen LogP contribution < -0.4 is 5.32 Å². The molecule has 29 heavy (non-hydrogen) atoms. The van der Waals surface area contributed by atoms with Gasteiger partial charge in [0.05, 0.1) is 17.6 Å². The van der Waals surface area contributed by atoms with Crippen molar-refractivity contribution in [1.29, 1.82) is 0 Å². The molecule has 1 aromatic carbocycles. The van der Waals surface area contributed by atoms with Crippen molar-refractivity contribution in [3.63, 3.8) is 0 Å². The first-order valence-corrected chi connectivity index (χ1v) is 10.9. The molecule has 3 heterocycles. The summed E-state index contributed by atoms with van der Waals surface area (Å²) in [5.41, 5.74) is 3.21. The summed E-state index contributed by atoms with van der Waals surface area (Å²) in [6.45, 7) is 4.62. The predicted octanol–water partition coefficient (Wildman–Crippen LogP) is 1.88. The van der Waals surface area contributed by atoms with Crippen molar-refractivity contribution in [2.24, 2.45) is 0 Å². The smallest absolute Gasteiger partial charge is 0.255 e. The number of fused-ring (bicyclic) bond motifs is 1. The monoisotopic (exact) mass is 413 g/mol. The van der Waals surface area contributed by atoms with Gasteiger partial charge in [0.15, 0.2) is 0 Å². The van der Waals surface area contributed by atoms with E-state index < -0.39 is 11.9 Å². The number of carbonyl (C=O) groups excluding carboxylic acids is 3. The van der Waals surface area contributed by atoms with Gasteiger partial charge < -0.3 is 4.90 Å². The van der Waals surface area contributed by atoms with Gasteiger partial charge in [-0.2, -0.15) is 11.8 Å². The number of amides is 3. The maximum absolute atomic E-state index is 12.8. The topological polar surface area (TPSA) is 97.2 Å². The van der Waals surface area contributed by atoms with Crippen molar-refractivity contribution in [2.45, 2.75) is 45.2 Å². The molecule has 4 rings (SSSR count). The quantitative estimate of drug-likeness (QED) is 0.727. The highest BCUT2D eigenvalue weighted by atomic mass is 32.2. The van der Waals surface area contributed by atoms with Gasteiger partial charge in [-0.05, 0) is 35.9 Å². The van der Waals surface area contributed by atoms with E-state index in [-0.39, 0.29) is 18.2 Å². The molecule has 2 aliphatic rings. The Kier molecular flexibility index (Phi) is 5.40. The third-order valence-electron chi connectivity index (χ3n) is 5.36. The van der Waals surface area contributed by atoms with Crippen molar-refractivity contribution in [1.82, 2.24) is 25.2 Å². The SMILES string of the molecule is CCSCC(C)c1cn(-c2ccc3c(c2)CN(C2CCC(=O)NC2=O)C3=O)nn1. The minimum absolute atomic E-state index is 0.175. The molecule has 9 heteroatoms. The first-order chi connectivity index (χ1) is 14.0. The zero-order chi connectivity index (χ0) is 20.5. The molecule has 0 radical (unpaired) electrons. The Hall–Kier alpha value is -2.68. The predicted molar refractivity (Wildman–Crippen MR) is 109 cm³/mol. The Bertz CT molecular complexity index is 973. The number of nitrogens with one attached hydrogen (secondary N) is 1. The normalized spacial score (nSPS) is 20.0. The summed E-state index contributed by atoms with van der Waals surface area (Å²) in [7, 11) is 0. The van der Waals surface area contributed by atoms with Gasteiger partial charge in [0.1, 0.15) is 6.04 Å². The summed E-state index contributed by atoms with van der Waals surface area (Å²) in [6, 6.07) is 4.93. The van der Waals surface area contributed by atoms with Gasteiger partial charge in [0, 0.05) is 30.2 Å². The molecule has 2 atom stereocenters. The minimum atomic E-state index is -0.606. The van der Waals surface area contributed by atoms with Crippen molar-refractivity contribution < 1.29 is 14.4 Å². The van der Waals surface area contributed by atoms with Crippen LogP contribution in [0.25, 0.3) is 5.69 Å². The van der Waals surface area contributed by atoms with Gasteiger partial charge in [0.25, 0.3) is 5.91 Å². The van der Waals surface area contributed by atoms with E-state index in [1.807, 2.05) is 30.1 Å². The number of imide groups is 1. The van der Waals surface area contributed by atoms with Gasteiger partial charge in [-0.15, -0.1) is 5.10 Å². The van der Waals surface area contributed by atoms with E-state index in [0.29, 0.717) is 24.4 Å². The molecule has 2 aromatic rings. The van der Waals surface area contributed by atoms with Crippen LogP contribution in [0.2, 0.25) is 0 Å². The summed E-state index contributed by atoms with van der Waals surface area (Å²) in [5, 5.41) is 10.9. The molecule has 0 aliphatic carbocycles. The van der Waals surface area contributed by atoms with E-state index in [2.05, 4.69) is 29.5 Å².